The molecule has 0 aromatic heterocycles. The molecule has 2 heterocycles. The van der Waals surface area contributed by atoms with Crippen LogP contribution >= 0.6 is 0 Å². The smallest absolute Gasteiger partial charge is 0.244 e. The Hall–Kier alpha value is -1.59. The SMILES string of the molecule is NC1(C(=O)Nc2ccccc2N2CCCC2)CCOCC1. The average molecular weight is 289 g/mol. The fourth-order valence-electron chi connectivity index (χ4n) is 3.02. The van der Waals surface area contributed by atoms with Gasteiger partial charge in [0.1, 0.15) is 5.54 Å². The molecule has 21 heavy (non-hydrogen) atoms. The first-order valence-corrected chi connectivity index (χ1v) is 7.71. The zero-order valence-electron chi connectivity index (χ0n) is 12.3. The molecule has 0 bridgehead atoms. The lowest BCUT2D eigenvalue weighted by Gasteiger charge is -2.32. The van der Waals surface area contributed by atoms with E-state index in [-0.39, 0.29) is 5.91 Å². The van der Waals surface area contributed by atoms with Gasteiger partial charge < -0.3 is 20.7 Å². The fraction of sp³-hybridized carbons (Fsp3) is 0.562. The summed E-state index contributed by atoms with van der Waals surface area (Å²) < 4.78 is 5.30. The molecule has 1 amide bonds. The molecule has 0 radical (unpaired) electrons. The molecule has 0 spiro atoms. The lowest BCUT2D eigenvalue weighted by Crippen LogP contribution is -2.54. The number of nitrogens with one attached hydrogen (secondary N) is 1. The zero-order chi connectivity index (χ0) is 14.7. The van der Waals surface area contributed by atoms with Gasteiger partial charge in [-0.2, -0.15) is 0 Å². The Morgan fingerprint density at radius 1 is 1.19 bits per heavy atom. The number of carbonyl (C=O) groups is 1. The lowest BCUT2D eigenvalue weighted by molar-refractivity contribution is -0.124. The number of anilines is 2. The predicted molar refractivity (Wildman–Crippen MR) is 83.5 cm³/mol. The maximum absolute atomic E-state index is 12.5. The van der Waals surface area contributed by atoms with Gasteiger partial charge in [-0.15, -0.1) is 0 Å². The van der Waals surface area contributed by atoms with Crippen LogP contribution in [0.4, 0.5) is 11.4 Å². The molecule has 2 aliphatic heterocycles. The number of benzene rings is 1. The molecular weight excluding hydrogens is 266 g/mol. The summed E-state index contributed by atoms with van der Waals surface area (Å²) in [7, 11) is 0. The van der Waals surface area contributed by atoms with E-state index in [1.807, 2.05) is 18.2 Å². The summed E-state index contributed by atoms with van der Waals surface area (Å²) in [6.45, 7) is 3.21. The second-order valence-corrected chi connectivity index (χ2v) is 5.93. The third-order valence-electron chi connectivity index (χ3n) is 4.44. The number of hydrogen-bond acceptors (Lipinski definition) is 4. The van der Waals surface area contributed by atoms with E-state index in [9.17, 15) is 4.79 Å². The normalized spacial score (nSPS) is 21.3. The topological polar surface area (TPSA) is 67.6 Å². The van der Waals surface area contributed by atoms with E-state index in [0.29, 0.717) is 26.1 Å². The molecule has 5 nitrogen and oxygen atoms in total. The highest BCUT2D eigenvalue weighted by Crippen LogP contribution is 2.30. The number of amides is 1. The zero-order valence-corrected chi connectivity index (χ0v) is 12.3. The lowest BCUT2D eigenvalue weighted by atomic mass is 9.90. The van der Waals surface area contributed by atoms with Crippen molar-refractivity contribution in [2.75, 3.05) is 36.5 Å². The van der Waals surface area contributed by atoms with Crippen molar-refractivity contribution >= 4 is 17.3 Å². The van der Waals surface area contributed by atoms with Gasteiger partial charge in [-0.25, -0.2) is 0 Å². The summed E-state index contributed by atoms with van der Waals surface area (Å²) in [5.41, 5.74) is 7.40. The first-order chi connectivity index (χ1) is 10.2. The van der Waals surface area contributed by atoms with Crippen molar-refractivity contribution in [3.63, 3.8) is 0 Å². The molecular formula is C16H23N3O2. The van der Waals surface area contributed by atoms with E-state index in [2.05, 4.69) is 16.3 Å². The molecule has 2 saturated heterocycles. The Bertz CT molecular complexity index is 506. The Morgan fingerprint density at radius 2 is 1.86 bits per heavy atom. The van der Waals surface area contributed by atoms with Crippen molar-refractivity contribution < 1.29 is 9.53 Å². The molecule has 3 N–H and O–H groups in total. The van der Waals surface area contributed by atoms with Crippen molar-refractivity contribution in [1.82, 2.24) is 0 Å². The van der Waals surface area contributed by atoms with E-state index in [1.165, 1.54) is 12.8 Å². The summed E-state index contributed by atoms with van der Waals surface area (Å²) in [6.07, 6.45) is 3.57. The largest absolute Gasteiger partial charge is 0.381 e. The van der Waals surface area contributed by atoms with Gasteiger partial charge in [0, 0.05) is 26.3 Å². The molecule has 1 aromatic rings. The molecule has 0 unspecified atom stereocenters. The van der Waals surface area contributed by atoms with E-state index in [4.69, 9.17) is 10.5 Å². The number of nitrogens with zero attached hydrogens (tertiary/aromatic N) is 1. The minimum absolute atomic E-state index is 0.0996. The van der Waals surface area contributed by atoms with Crippen molar-refractivity contribution in [3.8, 4) is 0 Å². The summed E-state index contributed by atoms with van der Waals surface area (Å²) >= 11 is 0. The first kappa shape index (κ1) is 14.4. The molecule has 0 aliphatic carbocycles. The summed E-state index contributed by atoms with van der Waals surface area (Å²) in [6, 6.07) is 7.97. The average Bonchev–Trinajstić information content (AvgIpc) is 3.02. The summed E-state index contributed by atoms with van der Waals surface area (Å²) in [4.78, 5) is 14.9. The van der Waals surface area contributed by atoms with Crippen molar-refractivity contribution in [1.29, 1.82) is 0 Å². The summed E-state index contributed by atoms with van der Waals surface area (Å²) in [5, 5.41) is 3.04. The number of nitrogens with two attached hydrogens (primary N) is 1. The Kier molecular flexibility index (Phi) is 4.12. The summed E-state index contributed by atoms with van der Waals surface area (Å²) in [5.74, 6) is -0.0996. The second-order valence-electron chi connectivity index (χ2n) is 5.93. The van der Waals surface area contributed by atoms with Crippen LogP contribution in [0.3, 0.4) is 0 Å². The Labute approximate surface area is 125 Å². The first-order valence-electron chi connectivity index (χ1n) is 7.71. The second kappa shape index (κ2) is 6.03. The minimum atomic E-state index is -0.809. The van der Waals surface area contributed by atoms with Gasteiger partial charge in [-0.1, -0.05) is 12.1 Å². The molecule has 2 aliphatic rings. The Morgan fingerprint density at radius 3 is 2.57 bits per heavy atom. The van der Waals surface area contributed by atoms with Gasteiger partial charge in [0.15, 0.2) is 0 Å². The van der Waals surface area contributed by atoms with Crippen LogP contribution in [-0.4, -0.2) is 37.7 Å². The van der Waals surface area contributed by atoms with E-state index in [1.54, 1.807) is 0 Å². The molecule has 1 aromatic carbocycles. The Balaban J connectivity index is 1.76. The van der Waals surface area contributed by atoms with Crippen LogP contribution in [0.15, 0.2) is 24.3 Å². The van der Waals surface area contributed by atoms with Crippen molar-refractivity contribution in [2.24, 2.45) is 5.73 Å². The quantitative estimate of drug-likeness (QED) is 0.889. The molecule has 0 saturated carbocycles. The molecule has 0 atom stereocenters. The highest BCUT2D eigenvalue weighted by atomic mass is 16.5. The van der Waals surface area contributed by atoms with Crippen LogP contribution in [0.5, 0.6) is 0 Å². The molecule has 114 valence electrons. The van der Waals surface area contributed by atoms with Gasteiger partial charge in [-0.05, 0) is 37.8 Å². The van der Waals surface area contributed by atoms with E-state index >= 15 is 0 Å². The van der Waals surface area contributed by atoms with Crippen LogP contribution in [0.2, 0.25) is 0 Å². The maximum Gasteiger partial charge on any atom is 0.244 e. The van der Waals surface area contributed by atoms with Gasteiger partial charge >= 0.3 is 0 Å². The number of para-hydroxylation sites is 2. The van der Waals surface area contributed by atoms with Crippen LogP contribution in [0.1, 0.15) is 25.7 Å². The monoisotopic (exact) mass is 289 g/mol. The third-order valence-corrected chi connectivity index (χ3v) is 4.44. The maximum atomic E-state index is 12.5. The van der Waals surface area contributed by atoms with Crippen LogP contribution in [-0.2, 0) is 9.53 Å². The third kappa shape index (κ3) is 3.04. The predicted octanol–water partition coefficient (Wildman–Crippen LogP) is 1.73. The minimum Gasteiger partial charge on any atom is -0.381 e. The highest BCUT2D eigenvalue weighted by molar-refractivity contribution is 6.00. The molecule has 2 fully saturated rings. The van der Waals surface area contributed by atoms with Crippen molar-refractivity contribution in [2.45, 2.75) is 31.2 Å². The van der Waals surface area contributed by atoms with Gasteiger partial charge in [0.2, 0.25) is 5.91 Å². The van der Waals surface area contributed by atoms with Crippen LogP contribution in [0.25, 0.3) is 0 Å². The standard InChI is InChI=1S/C16H23N3O2/c17-16(7-11-21-12-8-16)15(20)18-13-5-1-2-6-14(13)19-9-3-4-10-19/h1-2,5-6H,3-4,7-12,17H2,(H,18,20). The van der Waals surface area contributed by atoms with Crippen LogP contribution < -0.4 is 16.0 Å². The fourth-order valence-corrected chi connectivity index (χ4v) is 3.02. The van der Waals surface area contributed by atoms with Gasteiger partial charge in [0.05, 0.1) is 11.4 Å². The van der Waals surface area contributed by atoms with E-state index < -0.39 is 5.54 Å². The van der Waals surface area contributed by atoms with Crippen molar-refractivity contribution in [3.05, 3.63) is 24.3 Å². The number of ether oxygens (including phenoxy) is 1. The number of hydrogen-bond donors (Lipinski definition) is 2. The molecule has 5 heteroatoms. The van der Waals surface area contributed by atoms with Gasteiger partial charge in [0.25, 0.3) is 0 Å². The highest BCUT2D eigenvalue weighted by Gasteiger charge is 2.36. The number of carbonyl (C=O) groups excluding carboxylic acids is 1. The molecule has 3 rings (SSSR count). The number of rotatable bonds is 3. The van der Waals surface area contributed by atoms with E-state index in [0.717, 1.165) is 24.5 Å². The van der Waals surface area contributed by atoms with Crippen LogP contribution in [0, 0.1) is 0 Å². The van der Waals surface area contributed by atoms with Gasteiger partial charge in [-0.3, -0.25) is 4.79 Å².